The van der Waals surface area contributed by atoms with Crippen molar-refractivity contribution in [1.82, 2.24) is 10.2 Å². The summed E-state index contributed by atoms with van der Waals surface area (Å²) in [5.74, 6) is 1.99. The lowest BCUT2D eigenvalue weighted by molar-refractivity contribution is -0.130. The summed E-state index contributed by atoms with van der Waals surface area (Å²) in [6.45, 7) is 5.83. The number of amides is 1. The summed E-state index contributed by atoms with van der Waals surface area (Å²) in [7, 11) is 0. The maximum atomic E-state index is 12.4. The number of likely N-dealkylation sites (tertiary alicyclic amines) is 1. The lowest BCUT2D eigenvalue weighted by Crippen LogP contribution is -2.46. The van der Waals surface area contributed by atoms with Gasteiger partial charge in [-0.25, -0.2) is 0 Å². The van der Waals surface area contributed by atoms with Crippen molar-refractivity contribution >= 4 is 5.91 Å². The van der Waals surface area contributed by atoms with E-state index in [-0.39, 0.29) is 0 Å². The Balaban J connectivity index is 1.65. The smallest absolute Gasteiger partial charge is 0.249 e. The van der Waals surface area contributed by atoms with Crippen molar-refractivity contribution < 1.29 is 4.79 Å². The number of nitrogens with zero attached hydrogens (tertiary/aromatic N) is 1. The Morgan fingerprint density at radius 3 is 2.56 bits per heavy atom. The molecular weight excluding hydrogens is 224 g/mol. The maximum Gasteiger partial charge on any atom is 0.249 e. The van der Waals surface area contributed by atoms with E-state index in [0.29, 0.717) is 5.91 Å². The maximum absolute atomic E-state index is 12.4. The molecule has 1 N–H and O–H groups in total. The van der Waals surface area contributed by atoms with Crippen molar-refractivity contribution in [3.05, 3.63) is 11.1 Å². The number of hydrogen-bond acceptors (Lipinski definition) is 2. The molecular formula is C15H24N2O. The fraction of sp³-hybridized carbons (Fsp3) is 0.800. The van der Waals surface area contributed by atoms with E-state index in [1.165, 1.54) is 37.7 Å². The van der Waals surface area contributed by atoms with Gasteiger partial charge in [0.15, 0.2) is 0 Å². The molecule has 3 heteroatoms. The van der Waals surface area contributed by atoms with Gasteiger partial charge in [-0.3, -0.25) is 4.79 Å². The van der Waals surface area contributed by atoms with Gasteiger partial charge in [-0.1, -0.05) is 19.3 Å². The molecule has 2 aliphatic heterocycles. The van der Waals surface area contributed by atoms with Crippen LogP contribution in [0.2, 0.25) is 0 Å². The van der Waals surface area contributed by atoms with Crippen molar-refractivity contribution in [3.8, 4) is 0 Å². The molecule has 2 unspecified atom stereocenters. The van der Waals surface area contributed by atoms with E-state index in [4.69, 9.17) is 0 Å². The van der Waals surface area contributed by atoms with Gasteiger partial charge in [0.2, 0.25) is 5.91 Å². The molecule has 3 rings (SSSR count). The largest absolute Gasteiger partial charge is 0.339 e. The van der Waals surface area contributed by atoms with Gasteiger partial charge in [-0.15, -0.1) is 0 Å². The molecule has 100 valence electrons. The van der Waals surface area contributed by atoms with E-state index in [0.717, 1.165) is 43.6 Å². The van der Waals surface area contributed by atoms with Crippen LogP contribution in [0.5, 0.6) is 0 Å². The summed E-state index contributed by atoms with van der Waals surface area (Å²) in [4.78, 5) is 14.6. The van der Waals surface area contributed by atoms with E-state index in [2.05, 4.69) is 10.2 Å². The number of carbonyl (C=O) groups excluding carboxylic acids is 1. The Bertz CT molecular complexity index is 369. The van der Waals surface area contributed by atoms with Crippen molar-refractivity contribution in [2.24, 2.45) is 11.8 Å². The van der Waals surface area contributed by atoms with Gasteiger partial charge in [0.1, 0.15) is 0 Å². The molecule has 2 heterocycles. The quantitative estimate of drug-likeness (QED) is 0.719. The van der Waals surface area contributed by atoms with Crippen LogP contribution in [0.25, 0.3) is 0 Å². The Hall–Kier alpha value is -0.830. The van der Waals surface area contributed by atoms with Crippen LogP contribution >= 0.6 is 0 Å². The summed E-state index contributed by atoms with van der Waals surface area (Å²) in [5, 5.41) is 3.22. The van der Waals surface area contributed by atoms with E-state index in [1.807, 2.05) is 6.92 Å². The van der Waals surface area contributed by atoms with Crippen LogP contribution in [-0.2, 0) is 4.79 Å². The number of fused-ring (bicyclic) bond motifs is 1. The second kappa shape index (κ2) is 5.04. The first-order chi connectivity index (χ1) is 8.75. The third kappa shape index (κ3) is 2.20. The molecule has 3 aliphatic rings. The molecule has 0 aromatic heterocycles. The van der Waals surface area contributed by atoms with Gasteiger partial charge in [0.25, 0.3) is 0 Å². The molecule has 0 aromatic rings. The highest BCUT2D eigenvalue weighted by Gasteiger charge is 2.33. The molecule has 1 aliphatic carbocycles. The Morgan fingerprint density at radius 1 is 1.17 bits per heavy atom. The average Bonchev–Trinajstić information content (AvgIpc) is 2.35. The van der Waals surface area contributed by atoms with E-state index >= 15 is 0 Å². The predicted molar refractivity (Wildman–Crippen MR) is 72.2 cm³/mol. The van der Waals surface area contributed by atoms with Crippen molar-refractivity contribution in [2.75, 3.05) is 26.2 Å². The molecule has 18 heavy (non-hydrogen) atoms. The fourth-order valence-electron chi connectivity index (χ4n) is 3.69. The molecule has 2 atom stereocenters. The summed E-state index contributed by atoms with van der Waals surface area (Å²) < 4.78 is 0. The number of piperidine rings is 1. The highest BCUT2D eigenvalue weighted by molar-refractivity contribution is 5.94. The third-order valence-corrected chi connectivity index (χ3v) is 5.11. The summed E-state index contributed by atoms with van der Waals surface area (Å²) in [6, 6.07) is 0. The topological polar surface area (TPSA) is 32.3 Å². The summed E-state index contributed by atoms with van der Waals surface area (Å²) in [5.41, 5.74) is 2.31. The fourth-order valence-corrected chi connectivity index (χ4v) is 3.69. The molecule has 2 saturated heterocycles. The monoisotopic (exact) mass is 248 g/mol. The zero-order valence-electron chi connectivity index (χ0n) is 11.4. The third-order valence-electron chi connectivity index (χ3n) is 5.11. The standard InChI is InChI=1S/C15H24N2O/c1-11(14-8-16-9-14)15(18)17-7-6-12-4-2-3-5-13(12)10-17/h12-13,16H,2-10H2,1H3. The molecule has 3 nitrogen and oxygen atoms in total. The van der Waals surface area contributed by atoms with Crippen LogP contribution in [0.3, 0.4) is 0 Å². The van der Waals surface area contributed by atoms with Crippen LogP contribution in [0, 0.1) is 11.8 Å². The number of rotatable bonds is 1. The summed E-state index contributed by atoms with van der Waals surface area (Å²) in [6.07, 6.45) is 6.75. The second-order valence-electron chi connectivity index (χ2n) is 6.18. The van der Waals surface area contributed by atoms with Crippen molar-refractivity contribution in [2.45, 2.75) is 39.0 Å². The molecule has 0 aromatic carbocycles. The lowest BCUT2D eigenvalue weighted by atomic mass is 9.75. The Kier molecular flexibility index (Phi) is 3.42. The van der Waals surface area contributed by atoms with Crippen LogP contribution < -0.4 is 5.32 Å². The molecule has 1 amide bonds. The first kappa shape index (κ1) is 12.2. The van der Waals surface area contributed by atoms with Gasteiger partial charge >= 0.3 is 0 Å². The normalized spacial score (nSPS) is 31.6. The minimum absolute atomic E-state index is 0.301. The minimum atomic E-state index is 0.301. The minimum Gasteiger partial charge on any atom is -0.339 e. The van der Waals surface area contributed by atoms with Crippen molar-refractivity contribution in [1.29, 1.82) is 0 Å². The first-order valence-corrected chi connectivity index (χ1v) is 7.44. The number of nitrogens with one attached hydrogen (secondary N) is 1. The van der Waals surface area contributed by atoms with E-state index < -0.39 is 0 Å². The molecule has 3 fully saturated rings. The molecule has 0 bridgehead atoms. The van der Waals surface area contributed by atoms with Gasteiger partial charge < -0.3 is 10.2 Å². The van der Waals surface area contributed by atoms with Crippen molar-refractivity contribution in [3.63, 3.8) is 0 Å². The average molecular weight is 248 g/mol. The number of carbonyl (C=O) groups is 1. The van der Waals surface area contributed by atoms with Gasteiger partial charge in [0.05, 0.1) is 0 Å². The van der Waals surface area contributed by atoms with Crippen LogP contribution in [0.15, 0.2) is 11.1 Å². The highest BCUT2D eigenvalue weighted by atomic mass is 16.2. The highest BCUT2D eigenvalue weighted by Crippen LogP contribution is 2.36. The Morgan fingerprint density at radius 2 is 1.89 bits per heavy atom. The SMILES string of the molecule is CC(C(=O)N1CCC2CCCCC2C1)=C1CNC1. The van der Waals surface area contributed by atoms with Gasteiger partial charge in [0, 0.05) is 31.8 Å². The zero-order valence-corrected chi connectivity index (χ0v) is 11.4. The van der Waals surface area contributed by atoms with Gasteiger partial charge in [-0.2, -0.15) is 0 Å². The van der Waals surface area contributed by atoms with Crippen LogP contribution in [0.4, 0.5) is 0 Å². The molecule has 1 saturated carbocycles. The van der Waals surface area contributed by atoms with E-state index in [1.54, 1.807) is 0 Å². The molecule has 0 radical (unpaired) electrons. The summed E-state index contributed by atoms with van der Waals surface area (Å²) >= 11 is 0. The first-order valence-electron chi connectivity index (χ1n) is 7.44. The molecule has 0 spiro atoms. The number of hydrogen-bond donors (Lipinski definition) is 1. The lowest BCUT2D eigenvalue weighted by Gasteiger charge is -2.41. The van der Waals surface area contributed by atoms with Crippen LogP contribution in [-0.4, -0.2) is 37.0 Å². The van der Waals surface area contributed by atoms with Gasteiger partial charge in [-0.05, 0) is 37.2 Å². The zero-order chi connectivity index (χ0) is 12.5. The predicted octanol–water partition coefficient (Wildman–Crippen LogP) is 1.94. The van der Waals surface area contributed by atoms with Crippen LogP contribution in [0.1, 0.15) is 39.0 Å². The second-order valence-corrected chi connectivity index (χ2v) is 6.18. The Labute approximate surface area is 110 Å². The van der Waals surface area contributed by atoms with E-state index in [9.17, 15) is 4.79 Å².